The average molecular weight is 261 g/mol. The minimum absolute atomic E-state index is 0.131. The van der Waals surface area contributed by atoms with Crippen LogP contribution < -0.4 is 0 Å². The number of aromatic nitrogens is 2. The molecule has 1 amide bonds. The van der Waals surface area contributed by atoms with E-state index in [-0.39, 0.29) is 5.91 Å². The normalized spacial score (nSPS) is 16.8. The lowest BCUT2D eigenvalue weighted by Gasteiger charge is -2.20. The Morgan fingerprint density at radius 1 is 1.17 bits per heavy atom. The lowest BCUT2D eigenvalue weighted by Crippen LogP contribution is -2.31. The zero-order valence-electron chi connectivity index (χ0n) is 10.1. The Bertz CT molecular complexity index is 558. The summed E-state index contributed by atoms with van der Waals surface area (Å²) in [6, 6.07) is 5.67. The van der Waals surface area contributed by atoms with E-state index in [0.29, 0.717) is 0 Å². The molecule has 4 nitrogen and oxygen atoms in total. The molecule has 3 rings (SSSR count). The molecule has 5 heteroatoms. The van der Waals surface area contributed by atoms with Gasteiger partial charge in [-0.25, -0.2) is 0 Å². The van der Waals surface area contributed by atoms with Gasteiger partial charge in [0.05, 0.1) is 4.70 Å². The van der Waals surface area contributed by atoms with Gasteiger partial charge in [0.15, 0.2) is 0 Å². The Balaban J connectivity index is 1.85. The largest absolute Gasteiger partial charge is 0.339 e. The first-order valence-corrected chi connectivity index (χ1v) is 7.13. The smallest absolute Gasteiger partial charge is 0.253 e. The van der Waals surface area contributed by atoms with E-state index in [1.54, 1.807) is 0 Å². The molecule has 1 fully saturated rings. The molecule has 2 heterocycles. The van der Waals surface area contributed by atoms with Crippen LogP contribution in [-0.2, 0) is 0 Å². The van der Waals surface area contributed by atoms with Crippen molar-refractivity contribution in [1.82, 2.24) is 14.5 Å². The third kappa shape index (κ3) is 2.22. The number of carbonyl (C=O) groups excluding carboxylic acids is 1. The molecular weight excluding hydrogens is 246 g/mol. The van der Waals surface area contributed by atoms with Crippen LogP contribution in [0, 0.1) is 0 Å². The van der Waals surface area contributed by atoms with E-state index in [1.807, 2.05) is 23.1 Å². The van der Waals surface area contributed by atoms with Crippen molar-refractivity contribution in [3.63, 3.8) is 0 Å². The summed E-state index contributed by atoms with van der Waals surface area (Å²) < 4.78 is 4.93. The van der Waals surface area contributed by atoms with Gasteiger partial charge in [-0.2, -0.15) is 0 Å². The van der Waals surface area contributed by atoms with E-state index in [2.05, 4.69) is 9.59 Å². The second-order valence-electron chi connectivity index (χ2n) is 4.66. The van der Waals surface area contributed by atoms with Gasteiger partial charge in [0, 0.05) is 18.7 Å². The summed E-state index contributed by atoms with van der Waals surface area (Å²) in [4.78, 5) is 14.4. The van der Waals surface area contributed by atoms with E-state index in [1.165, 1.54) is 24.4 Å². The maximum Gasteiger partial charge on any atom is 0.253 e. The number of hydrogen-bond acceptors (Lipinski definition) is 4. The fourth-order valence-corrected chi connectivity index (χ4v) is 2.91. The van der Waals surface area contributed by atoms with Crippen LogP contribution in [0.3, 0.4) is 0 Å². The van der Waals surface area contributed by atoms with Gasteiger partial charge in [0.25, 0.3) is 5.91 Å². The first-order chi connectivity index (χ1) is 8.84. The van der Waals surface area contributed by atoms with E-state index in [4.69, 9.17) is 0 Å². The van der Waals surface area contributed by atoms with E-state index >= 15 is 0 Å². The van der Waals surface area contributed by atoms with Crippen molar-refractivity contribution >= 4 is 27.7 Å². The van der Waals surface area contributed by atoms with Gasteiger partial charge >= 0.3 is 0 Å². The van der Waals surface area contributed by atoms with Gasteiger partial charge < -0.3 is 4.90 Å². The molecule has 2 aromatic rings. The number of benzene rings is 1. The van der Waals surface area contributed by atoms with Crippen molar-refractivity contribution in [3.05, 3.63) is 23.8 Å². The summed E-state index contributed by atoms with van der Waals surface area (Å²) in [5.74, 6) is 0.131. The molecule has 1 aromatic heterocycles. The maximum absolute atomic E-state index is 12.4. The first kappa shape index (κ1) is 11.6. The summed E-state index contributed by atoms with van der Waals surface area (Å²) in [6.07, 6.45) is 4.70. The highest BCUT2D eigenvalue weighted by Crippen LogP contribution is 2.19. The number of rotatable bonds is 1. The van der Waals surface area contributed by atoms with Crippen molar-refractivity contribution in [3.8, 4) is 0 Å². The third-order valence-electron chi connectivity index (χ3n) is 3.39. The molecule has 0 radical (unpaired) electrons. The van der Waals surface area contributed by atoms with E-state index < -0.39 is 0 Å². The minimum atomic E-state index is 0.131. The van der Waals surface area contributed by atoms with Crippen LogP contribution >= 0.6 is 11.5 Å². The Hall–Kier alpha value is -1.49. The Morgan fingerprint density at radius 3 is 2.72 bits per heavy atom. The minimum Gasteiger partial charge on any atom is -0.339 e. The highest BCUT2D eigenvalue weighted by molar-refractivity contribution is 7.12. The van der Waals surface area contributed by atoms with E-state index in [9.17, 15) is 4.79 Å². The first-order valence-electron chi connectivity index (χ1n) is 6.36. The number of hydrogen-bond donors (Lipinski definition) is 0. The molecule has 0 aliphatic carbocycles. The van der Waals surface area contributed by atoms with Crippen molar-refractivity contribution in [2.45, 2.75) is 25.7 Å². The topological polar surface area (TPSA) is 46.1 Å². The molecule has 0 N–H and O–H groups in total. The molecule has 0 saturated carbocycles. The Morgan fingerprint density at radius 2 is 1.94 bits per heavy atom. The van der Waals surface area contributed by atoms with Crippen LogP contribution in [0.2, 0.25) is 0 Å². The lowest BCUT2D eigenvalue weighted by molar-refractivity contribution is 0.0762. The van der Waals surface area contributed by atoms with Gasteiger partial charge in [0.1, 0.15) is 5.52 Å². The number of amides is 1. The van der Waals surface area contributed by atoms with E-state index in [0.717, 1.165) is 41.7 Å². The Labute approximate surface area is 110 Å². The van der Waals surface area contributed by atoms with Crippen LogP contribution in [-0.4, -0.2) is 33.5 Å². The number of fused-ring (bicyclic) bond motifs is 1. The fraction of sp³-hybridized carbons (Fsp3) is 0.462. The molecule has 1 aliphatic heterocycles. The van der Waals surface area contributed by atoms with Gasteiger partial charge in [0.2, 0.25) is 0 Å². The van der Waals surface area contributed by atoms with Crippen molar-refractivity contribution in [2.24, 2.45) is 0 Å². The SMILES string of the molecule is O=C(c1ccc2snnc2c1)N1CCCCCC1. The quantitative estimate of drug-likeness (QED) is 0.793. The second kappa shape index (κ2) is 5.02. The van der Waals surface area contributed by atoms with Crippen LogP contribution in [0.1, 0.15) is 36.0 Å². The van der Waals surface area contributed by atoms with Crippen LogP contribution in [0.4, 0.5) is 0 Å². The third-order valence-corrected chi connectivity index (χ3v) is 4.09. The van der Waals surface area contributed by atoms with Crippen LogP contribution in [0.5, 0.6) is 0 Å². The fourth-order valence-electron chi connectivity index (χ4n) is 2.37. The lowest BCUT2D eigenvalue weighted by atomic mass is 10.2. The number of likely N-dealkylation sites (tertiary alicyclic amines) is 1. The number of carbonyl (C=O) groups is 1. The average Bonchev–Trinajstić information content (AvgIpc) is 2.69. The summed E-state index contributed by atoms with van der Waals surface area (Å²) in [5, 5.41) is 4.02. The molecule has 0 atom stereocenters. The molecule has 94 valence electrons. The maximum atomic E-state index is 12.4. The molecule has 0 unspecified atom stereocenters. The molecule has 0 spiro atoms. The molecule has 1 aliphatic rings. The molecule has 0 bridgehead atoms. The zero-order valence-corrected chi connectivity index (χ0v) is 10.9. The highest BCUT2D eigenvalue weighted by Gasteiger charge is 2.17. The molecule has 1 aromatic carbocycles. The summed E-state index contributed by atoms with van der Waals surface area (Å²) in [7, 11) is 0. The zero-order chi connectivity index (χ0) is 12.4. The molecule has 1 saturated heterocycles. The van der Waals surface area contributed by atoms with Gasteiger partial charge in [-0.15, -0.1) is 5.10 Å². The standard InChI is InChI=1S/C13H15N3OS/c17-13(16-7-3-1-2-4-8-16)10-5-6-12-11(9-10)14-15-18-12/h5-6,9H,1-4,7-8H2. The highest BCUT2D eigenvalue weighted by atomic mass is 32.1. The predicted molar refractivity (Wildman–Crippen MR) is 71.8 cm³/mol. The van der Waals surface area contributed by atoms with Gasteiger partial charge in [-0.1, -0.05) is 17.3 Å². The van der Waals surface area contributed by atoms with Gasteiger partial charge in [-0.3, -0.25) is 4.79 Å². The van der Waals surface area contributed by atoms with Crippen molar-refractivity contribution in [1.29, 1.82) is 0 Å². The van der Waals surface area contributed by atoms with Crippen LogP contribution in [0.25, 0.3) is 10.2 Å². The van der Waals surface area contributed by atoms with Crippen molar-refractivity contribution < 1.29 is 4.79 Å². The monoisotopic (exact) mass is 261 g/mol. The van der Waals surface area contributed by atoms with Crippen molar-refractivity contribution in [2.75, 3.05) is 13.1 Å². The summed E-state index contributed by atoms with van der Waals surface area (Å²) >= 11 is 1.36. The number of nitrogens with zero attached hydrogens (tertiary/aromatic N) is 3. The second-order valence-corrected chi connectivity index (χ2v) is 5.45. The summed E-state index contributed by atoms with van der Waals surface area (Å²) in [6.45, 7) is 1.76. The van der Waals surface area contributed by atoms with Crippen LogP contribution in [0.15, 0.2) is 18.2 Å². The van der Waals surface area contributed by atoms with Gasteiger partial charge in [-0.05, 0) is 42.6 Å². The summed E-state index contributed by atoms with van der Waals surface area (Å²) in [5.41, 5.74) is 1.55. The Kier molecular flexibility index (Phi) is 3.23. The molecular formula is C13H15N3OS. The predicted octanol–water partition coefficient (Wildman–Crippen LogP) is 2.71. The molecule has 18 heavy (non-hydrogen) atoms.